The SMILES string of the molecule is N#Cc1ccc(CNC2CCOC3(CCSC3)C2)cc1. The molecule has 2 aliphatic heterocycles. The van der Waals surface area contributed by atoms with E-state index in [0.717, 1.165) is 37.3 Å². The van der Waals surface area contributed by atoms with Crippen molar-refractivity contribution in [3.8, 4) is 6.07 Å². The van der Waals surface area contributed by atoms with Crippen molar-refractivity contribution >= 4 is 11.8 Å². The maximum atomic E-state index is 8.80. The van der Waals surface area contributed by atoms with Crippen LogP contribution in [0.1, 0.15) is 30.4 Å². The van der Waals surface area contributed by atoms with E-state index in [1.807, 2.05) is 36.0 Å². The molecule has 0 saturated carbocycles. The van der Waals surface area contributed by atoms with Crippen LogP contribution in [0.15, 0.2) is 24.3 Å². The summed E-state index contributed by atoms with van der Waals surface area (Å²) in [5, 5.41) is 12.5. The summed E-state index contributed by atoms with van der Waals surface area (Å²) in [7, 11) is 0. The van der Waals surface area contributed by atoms with Crippen molar-refractivity contribution in [1.82, 2.24) is 5.32 Å². The summed E-state index contributed by atoms with van der Waals surface area (Å²) in [6.07, 6.45) is 3.44. The molecule has 106 valence electrons. The third-order valence-electron chi connectivity index (χ3n) is 4.24. The van der Waals surface area contributed by atoms with Crippen LogP contribution in [0.25, 0.3) is 0 Å². The molecular weight excluding hydrogens is 268 g/mol. The molecule has 2 atom stereocenters. The summed E-state index contributed by atoms with van der Waals surface area (Å²) in [5.41, 5.74) is 2.11. The van der Waals surface area contributed by atoms with Crippen LogP contribution in [0, 0.1) is 11.3 Å². The largest absolute Gasteiger partial charge is 0.374 e. The third kappa shape index (κ3) is 3.17. The molecule has 2 heterocycles. The van der Waals surface area contributed by atoms with Crippen LogP contribution in [0.5, 0.6) is 0 Å². The number of nitriles is 1. The van der Waals surface area contributed by atoms with Crippen LogP contribution in [0.2, 0.25) is 0 Å². The molecule has 0 aliphatic carbocycles. The number of rotatable bonds is 3. The second-order valence-corrected chi connectivity index (χ2v) is 6.82. The number of hydrogen-bond acceptors (Lipinski definition) is 4. The summed E-state index contributed by atoms with van der Waals surface area (Å²) >= 11 is 2.02. The van der Waals surface area contributed by atoms with Gasteiger partial charge in [-0.3, -0.25) is 0 Å². The van der Waals surface area contributed by atoms with Crippen molar-refractivity contribution in [2.75, 3.05) is 18.1 Å². The van der Waals surface area contributed by atoms with E-state index in [9.17, 15) is 0 Å². The normalized spacial score (nSPS) is 29.4. The Morgan fingerprint density at radius 2 is 2.25 bits per heavy atom. The first-order chi connectivity index (χ1) is 9.80. The molecule has 0 amide bonds. The van der Waals surface area contributed by atoms with Gasteiger partial charge < -0.3 is 10.1 Å². The predicted molar refractivity (Wildman–Crippen MR) is 81.6 cm³/mol. The van der Waals surface area contributed by atoms with Gasteiger partial charge in [0.05, 0.1) is 17.2 Å². The minimum absolute atomic E-state index is 0.144. The topological polar surface area (TPSA) is 45.0 Å². The standard InChI is InChI=1S/C16H20N2OS/c17-10-13-1-3-14(4-2-13)11-18-15-5-7-19-16(9-15)6-8-20-12-16/h1-4,15,18H,5-9,11-12H2. The van der Waals surface area contributed by atoms with Crippen molar-refractivity contribution in [2.45, 2.75) is 37.5 Å². The molecule has 3 rings (SSSR count). The van der Waals surface area contributed by atoms with Crippen LogP contribution in [-0.2, 0) is 11.3 Å². The van der Waals surface area contributed by atoms with Gasteiger partial charge in [0, 0.05) is 24.9 Å². The molecule has 2 saturated heterocycles. The van der Waals surface area contributed by atoms with E-state index in [2.05, 4.69) is 11.4 Å². The minimum Gasteiger partial charge on any atom is -0.374 e. The zero-order chi connectivity index (χ0) is 13.8. The van der Waals surface area contributed by atoms with Gasteiger partial charge in [0.15, 0.2) is 0 Å². The molecule has 2 unspecified atom stereocenters. The van der Waals surface area contributed by atoms with E-state index >= 15 is 0 Å². The summed E-state index contributed by atoms with van der Waals surface area (Å²) in [4.78, 5) is 0. The van der Waals surface area contributed by atoms with Crippen molar-refractivity contribution < 1.29 is 4.74 Å². The van der Waals surface area contributed by atoms with Gasteiger partial charge in [0.2, 0.25) is 0 Å². The number of hydrogen-bond donors (Lipinski definition) is 1. The summed E-state index contributed by atoms with van der Waals surface area (Å²) in [6.45, 7) is 1.76. The molecule has 0 aromatic heterocycles. The van der Waals surface area contributed by atoms with Crippen LogP contribution in [0.4, 0.5) is 0 Å². The minimum atomic E-state index is 0.144. The average molecular weight is 288 g/mol. The quantitative estimate of drug-likeness (QED) is 0.929. The Bertz CT molecular complexity index is 488. The highest BCUT2D eigenvalue weighted by atomic mass is 32.2. The van der Waals surface area contributed by atoms with Crippen LogP contribution < -0.4 is 5.32 Å². The van der Waals surface area contributed by atoms with E-state index in [4.69, 9.17) is 10.00 Å². The number of nitrogens with one attached hydrogen (secondary N) is 1. The predicted octanol–water partition coefficient (Wildman–Crippen LogP) is 2.70. The second-order valence-electron chi connectivity index (χ2n) is 5.71. The van der Waals surface area contributed by atoms with Crippen molar-refractivity contribution in [2.24, 2.45) is 0 Å². The Labute approximate surface area is 124 Å². The molecule has 2 aliphatic rings. The second kappa shape index (κ2) is 6.17. The van der Waals surface area contributed by atoms with Gasteiger partial charge in [-0.1, -0.05) is 12.1 Å². The maximum absolute atomic E-state index is 8.80. The van der Waals surface area contributed by atoms with Crippen molar-refractivity contribution in [3.05, 3.63) is 35.4 Å². The van der Waals surface area contributed by atoms with E-state index < -0.39 is 0 Å². The first-order valence-electron chi connectivity index (χ1n) is 7.24. The highest BCUT2D eigenvalue weighted by Gasteiger charge is 2.40. The maximum Gasteiger partial charge on any atom is 0.0991 e. The lowest BCUT2D eigenvalue weighted by molar-refractivity contribution is -0.0703. The number of thioether (sulfide) groups is 1. The monoisotopic (exact) mass is 288 g/mol. The smallest absolute Gasteiger partial charge is 0.0991 e. The lowest BCUT2D eigenvalue weighted by atomic mass is 9.90. The highest BCUT2D eigenvalue weighted by Crippen LogP contribution is 2.38. The Hall–Kier alpha value is -1.02. The number of ether oxygens (including phenoxy) is 1. The van der Waals surface area contributed by atoms with Gasteiger partial charge in [0.25, 0.3) is 0 Å². The molecular formula is C16H20N2OS. The van der Waals surface area contributed by atoms with Crippen molar-refractivity contribution in [1.29, 1.82) is 5.26 Å². The molecule has 4 heteroatoms. The molecule has 1 spiro atoms. The Morgan fingerprint density at radius 3 is 2.95 bits per heavy atom. The molecule has 1 N–H and O–H groups in total. The average Bonchev–Trinajstić information content (AvgIpc) is 2.93. The van der Waals surface area contributed by atoms with E-state index in [-0.39, 0.29) is 5.60 Å². The zero-order valence-electron chi connectivity index (χ0n) is 11.6. The fourth-order valence-electron chi connectivity index (χ4n) is 3.02. The summed E-state index contributed by atoms with van der Waals surface area (Å²) in [5.74, 6) is 2.39. The van der Waals surface area contributed by atoms with Gasteiger partial charge in [0.1, 0.15) is 0 Å². The van der Waals surface area contributed by atoms with Gasteiger partial charge in [-0.05, 0) is 42.7 Å². The molecule has 20 heavy (non-hydrogen) atoms. The number of nitrogens with zero attached hydrogens (tertiary/aromatic N) is 1. The molecule has 0 bridgehead atoms. The zero-order valence-corrected chi connectivity index (χ0v) is 12.4. The first-order valence-corrected chi connectivity index (χ1v) is 8.39. The summed E-state index contributed by atoms with van der Waals surface area (Å²) < 4.78 is 6.04. The molecule has 3 nitrogen and oxygen atoms in total. The van der Waals surface area contributed by atoms with Crippen LogP contribution >= 0.6 is 11.8 Å². The number of benzene rings is 1. The lowest BCUT2D eigenvalue weighted by Gasteiger charge is -2.38. The molecule has 0 radical (unpaired) electrons. The van der Waals surface area contributed by atoms with E-state index in [1.165, 1.54) is 17.7 Å². The van der Waals surface area contributed by atoms with E-state index in [1.54, 1.807) is 0 Å². The van der Waals surface area contributed by atoms with Gasteiger partial charge >= 0.3 is 0 Å². The Balaban J connectivity index is 1.53. The molecule has 2 fully saturated rings. The van der Waals surface area contributed by atoms with Gasteiger partial charge in [-0.25, -0.2) is 0 Å². The lowest BCUT2D eigenvalue weighted by Crippen LogP contribution is -2.47. The van der Waals surface area contributed by atoms with Gasteiger partial charge in [-0.2, -0.15) is 17.0 Å². The first kappa shape index (κ1) is 13.9. The fraction of sp³-hybridized carbons (Fsp3) is 0.562. The fourth-order valence-corrected chi connectivity index (χ4v) is 4.40. The summed E-state index contributed by atoms with van der Waals surface area (Å²) in [6, 6.07) is 10.5. The van der Waals surface area contributed by atoms with Crippen LogP contribution in [-0.4, -0.2) is 29.8 Å². The third-order valence-corrected chi connectivity index (χ3v) is 5.46. The highest BCUT2D eigenvalue weighted by molar-refractivity contribution is 7.99. The Kier molecular flexibility index (Phi) is 4.30. The molecule has 1 aromatic rings. The van der Waals surface area contributed by atoms with Gasteiger partial charge in [-0.15, -0.1) is 0 Å². The van der Waals surface area contributed by atoms with Crippen molar-refractivity contribution in [3.63, 3.8) is 0 Å². The Morgan fingerprint density at radius 1 is 1.40 bits per heavy atom. The van der Waals surface area contributed by atoms with E-state index in [0.29, 0.717) is 6.04 Å². The molecule has 1 aromatic carbocycles. The van der Waals surface area contributed by atoms with Crippen LogP contribution in [0.3, 0.4) is 0 Å².